The van der Waals surface area contributed by atoms with Crippen LogP contribution in [0.5, 0.6) is 0 Å². The van der Waals surface area contributed by atoms with E-state index in [1.807, 2.05) is 4.98 Å². The SMILES string of the molecule is C=CCN(CCO)S(=O)(=O)c1c[nH]c(=O)[nH]c1=O. The van der Waals surface area contributed by atoms with Gasteiger partial charge in [-0.2, -0.15) is 4.31 Å². The number of hydrogen-bond acceptors (Lipinski definition) is 5. The molecule has 3 N–H and O–H groups in total. The van der Waals surface area contributed by atoms with Gasteiger partial charge in [-0.05, 0) is 0 Å². The van der Waals surface area contributed by atoms with Crippen LogP contribution in [0.1, 0.15) is 0 Å². The Bertz CT molecular complexity index is 630. The standard InChI is InChI=1S/C9H13N3O5S/c1-2-3-12(4-5-13)18(16,17)7-6-10-9(15)11-8(7)14/h2,6,13H,1,3-5H2,(H2,10,11,14,15). The van der Waals surface area contributed by atoms with E-state index in [1.165, 1.54) is 6.08 Å². The van der Waals surface area contributed by atoms with Gasteiger partial charge in [-0.25, -0.2) is 13.2 Å². The van der Waals surface area contributed by atoms with Crippen LogP contribution in [0.2, 0.25) is 0 Å². The fourth-order valence-corrected chi connectivity index (χ4v) is 2.69. The maximum Gasteiger partial charge on any atom is 0.325 e. The zero-order valence-electron chi connectivity index (χ0n) is 9.42. The second kappa shape index (κ2) is 5.76. The first-order valence-electron chi connectivity index (χ1n) is 4.97. The summed E-state index contributed by atoms with van der Waals surface area (Å²) < 4.78 is 25.0. The average Bonchev–Trinajstić information content (AvgIpc) is 2.28. The molecule has 0 amide bonds. The van der Waals surface area contributed by atoms with E-state index in [1.54, 1.807) is 0 Å². The van der Waals surface area contributed by atoms with Gasteiger partial charge >= 0.3 is 5.69 Å². The van der Waals surface area contributed by atoms with Crippen molar-refractivity contribution in [3.8, 4) is 0 Å². The number of nitrogens with zero attached hydrogens (tertiary/aromatic N) is 1. The summed E-state index contributed by atoms with van der Waals surface area (Å²) in [5.74, 6) is 0. The van der Waals surface area contributed by atoms with Gasteiger partial charge in [0.15, 0.2) is 4.90 Å². The minimum absolute atomic E-state index is 0.0541. The summed E-state index contributed by atoms with van der Waals surface area (Å²) in [6, 6.07) is 0. The molecule has 1 aromatic rings. The molecule has 1 aromatic heterocycles. The summed E-state index contributed by atoms with van der Waals surface area (Å²) in [7, 11) is -4.08. The summed E-state index contributed by atoms with van der Waals surface area (Å²) in [4.78, 5) is 25.6. The molecule has 1 heterocycles. The second-order valence-electron chi connectivity index (χ2n) is 3.31. The molecule has 9 heteroatoms. The van der Waals surface area contributed by atoms with Crippen molar-refractivity contribution < 1.29 is 13.5 Å². The van der Waals surface area contributed by atoms with Gasteiger partial charge in [-0.1, -0.05) is 6.08 Å². The van der Waals surface area contributed by atoms with Crippen LogP contribution >= 0.6 is 0 Å². The van der Waals surface area contributed by atoms with Crippen molar-refractivity contribution in [1.82, 2.24) is 14.3 Å². The first-order chi connectivity index (χ1) is 8.43. The van der Waals surface area contributed by atoms with E-state index in [9.17, 15) is 18.0 Å². The topological polar surface area (TPSA) is 123 Å². The fraction of sp³-hybridized carbons (Fsp3) is 0.333. The molecule has 100 valence electrons. The average molecular weight is 275 g/mol. The van der Waals surface area contributed by atoms with Crippen LogP contribution in [0.4, 0.5) is 0 Å². The maximum atomic E-state index is 12.1. The van der Waals surface area contributed by atoms with Crippen LogP contribution in [-0.4, -0.2) is 47.5 Å². The number of aliphatic hydroxyl groups excluding tert-OH is 1. The van der Waals surface area contributed by atoms with Crippen molar-refractivity contribution in [2.45, 2.75) is 4.90 Å². The van der Waals surface area contributed by atoms with Gasteiger partial charge in [0, 0.05) is 19.3 Å². The van der Waals surface area contributed by atoms with E-state index in [0.29, 0.717) is 0 Å². The summed E-state index contributed by atoms with van der Waals surface area (Å²) >= 11 is 0. The predicted molar refractivity (Wildman–Crippen MR) is 63.7 cm³/mol. The number of aliphatic hydroxyl groups is 1. The number of aromatic amines is 2. The molecule has 0 radical (unpaired) electrons. The molecule has 0 atom stereocenters. The Labute approximate surface area is 103 Å². The van der Waals surface area contributed by atoms with Crippen molar-refractivity contribution in [1.29, 1.82) is 0 Å². The molecule has 1 rings (SSSR count). The third-order valence-corrected chi connectivity index (χ3v) is 3.96. The van der Waals surface area contributed by atoms with Crippen LogP contribution in [0.25, 0.3) is 0 Å². The lowest BCUT2D eigenvalue weighted by Gasteiger charge is -2.18. The number of hydrogen-bond donors (Lipinski definition) is 3. The van der Waals surface area contributed by atoms with Crippen LogP contribution in [-0.2, 0) is 10.0 Å². The predicted octanol–water partition coefficient (Wildman–Crippen LogP) is -1.77. The Morgan fingerprint density at radius 1 is 1.44 bits per heavy atom. The van der Waals surface area contributed by atoms with Crippen LogP contribution < -0.4 is 11.2 Å². The van der Waals surface area contributed by atoms with Crippen LogP contribution in [0.15, 0.2) is 33.3 Å². The van der Waals surface area contributed by atoms with E-state index in [-0.39, 0.29) is 13.1 Å². The quantitative estimate of drug-likeness (QED) is 0.530. The van der Waals surface area contributed by atoms with Gasteiger partial charge in [0.2, 0.25) is 10.0 Å². The molecule has 0 fully saturated rings. The number of nitrogens with one attached hydrogen (secondary N) is 2. The van der Waals surface area contributed by atoms with E-state index < -0.39 is 32.8 Å². The highest BCUT2D eigenvalue weighted by Crippen LogP contribution is 2.09. The molecular formula is C9H13N3O5S. The highest BCUT2D eigenvalue weighted by molar-refractivity contribution is 7.89. The first kappa shape index (κ1) is 14.4. The lowest BCUT2D eigenvalue weighted by molar-refractivity contribution is 0.260. The van der Waals surface area contributed by atoms with Crippen molar-refractivity contribution >= 4 is 10.0 Å². The third kappa shape index (κ3) is 2.94. The van der Waals surface area contributed by atoms with Gasteiger partial charge in [0.05, 0.1) is 6.61 Å². The van der Waals surface area contributed by atoms with Gasteiger partial charge in [0.25, 0.3) is 5.56 Å². The molecule has 0 aliphatic rings. The highest BCUT2D eigenvalue weighted by atomic mass is 32.2. The van der Waals surface area contributed by atoms with E-state index in [4.69, 9.17) is 5.11 Å². The highest BCUT2D eigenvalue weighted by Gasteiger charge is 2.26. The third-order valence-electron chi connectivity index (χ3n) is 2.09. The zero-order valence-corrected chi connectivity index (χ0v) is 10.2. The minimum Gasteiger partial charge on any atom is -0.395 e. The molecule has 0 saturated heterocycles. The number of sulfonamides is 1. The summed E-state index contributed by atoms with van der Waals surface area (Å²) in [5, 5.41) is 8.80. The van der Waals surface area contributed by atoms with Crippen molar-refractivity contribution in [3.63, 3.8) is 0 Å². The van der Waals surface area contributed by atoms with Gasteiger partial charge in [0.1, 0.15) is 0 Å². The van der Waals surface area contributed by atoms with Crippen molar-refractivity contribution in [2.75, 3.05) is 19.7 Å². The van der Waals surface area contributed by atoms with E-state index in [0.717, 1.165) is 10.5 Å². The molecule has 0 aliphatic carbocycles. The largest absolute Gasteiger partial charge is 0.395 e. The molecule has 0 aromatic carbocycles. The normalized spacial score (nSPS) is 11.7. The van der Waals surface area contributed by atoms with Gasteiger partial charge in [-0.3, -0.25) is 9.78 Å². The van der Waals surface area contributed by atoms with E-state index >= 15 is 0 Å². The minimum atomic E-state index is -4.08. The molecule has 0 bridgehead atoms. The molecule has 0 unspecified atom stereocenters. The number of H-pyrrole nitrogens is 2. The fourth-order valence-electron chi connectivity index (χ4n) is 1.29. The van der Waals surface area contributed by atoms with Crippen LogP contribution in [0.3, 0.4) is 0 Å². The smallest absolute Gasteiger partial charge is 0.325 e. The lowest BCUT2D eigenvalue weighted by atomic mass is 10.6. The number of aromatic nitrogens is 2. The van der Waals surface area contributed by atoms with E-state index in [2.05, 4.69) is 11.6 Å². The number of rotatable bonds is 6. The molecule has 0 saturated carbocycles. The molecule has 8 nitrogen and oxygen atoms in total. The summed E-state index contributed by atoms with van der Waals surface area (Å²) in [5.41, 5.74) is -1.80. The van der Waals surface area contributed by atoms with Crippen molar-refractivity contribution in [3.05, 3.63) is 39.7 Å². The Balaban J connectivity index is 3.30. The molecular weight excluding hydrogens is 262 g/mol. The van der Waals surface area contributed by atoms with Crippen LogP contribution in [0, 0.1) is 0 Å². The molecule has 0 spiro atoms. The summed E-state index contributed by atoms with van der Waals surface area (Å²) in [6.45, 7) is 2.77. The molecule has 0 aliphatic heterocycles. The van der Waals surface area contributed by atoms with Gasteiger partial charge < -0.3 is 10.1 Å². The summed E-state index contributed by atoms with van der Waals surface area (Å²) in [6.07, 6.45) is 2.15. The van der Waals surface area contributed by atoms with Crippen molar-refractivity contribution in [2.24, 2.45) is 0 Å². The first-order valence-corrected chi connectivity index (χ1v) is 6.41. The Morgan fingerprint density at radius 2 is 2.11 bits per heavy atom. The Hall–Kier alpha value is -1.71. The van der Waals surface area contributed by atoms with Gasteiger partial charge in [-0.15, -0.1) is 6.58 Å². The zero-order chi connectivity index (χ0) is 13.8. The Morgan fingerprint density at radius 3 is 2.61 bits per heavy atom. The monoisotopic (exact) mass is 275 g/mol. The maximum absolute atomic E-state index is 12.1. The second-order valence-corrected chi connectivity index (χ2v) is 5.22. The Kier molecular flexibility index (Phi) is 4.59. The molecule has 18 heavy (non-hydrogen) atoms. The lowest BCUT2D eigenvalue weighted by Crippen LogP contribution is -2.38.